The van der Waals surface area contributed by atoms with E-state index in [2.05, 4.69) is 5.32 Å². The van der Waals surface area contributed by atoms with Gasteiger partial charge in [0.2, 0.25) is 0 Å². The fraction of sp³-hybridized carbons (Fsp3) is 0.300. The van der Waals surface area contributed by atoms with Crippen LogP contribution in [0, 0.1) is 0 Å². The molecule has 16 heavy (non-hydrogen) atoms. The molecule has 0 heterocycles. The number of carbonyl (C=O) groups is 1. The van der Waals surface area contributed by atoms with Crippen molar-refractivity contribution in [3.63, 3.8) is 0 Å². The topological polar surface area (TPSA) is 69.6 Å². The van der Waals surface area contributed by atoms with Crippen molar-refractivity contribution in [2.75, 3.05) is 12.4 Å². The highest BCUT2D eigenvalue weighted by atomic mass is 35.5. The van der Waals surface area contributed by atoms with E-state index in [4.69, 9.17) is 21.6 Å². The number of alkyl halides is 1. The molecule has 0 aromatic heterocycles. The molecule has 0 aliphatic rings. The van der Waals surface area contributed by atoms with E-state index in [0.29, 0.717) is 29.9 Å². The molecule has 1 amide bonds. The molecule has 3 N–H and O–H groups in total. The van der Waals surface area contributed by atoms with Crippen molar-refractivity contribution in [2.45, 2.75) is 6.42 Å². The van der Waals surface area contributed by atoms with Crippen molar-refractivity contribution < 1.29 is 14.8 Å². The first-order valence-corrected chi connectivity index (χ1v) is 5.49. The highest BCUT2D eigenvalue weighted by Gasteiger charge is 2.13. The van der Waals surface area contributed by atoms with Gasteiger partial charge in [0.25, 0.3) is 5.91 Å². The zero-order valence-corrected chi connectivity index (χ0v) is 9.44. The van der Waals surface area contributed by atoms with Crippen LogP contribution < -0.4 is 10.8 Å². The standard InChI is InChI=1S/C10H13BClNO3/c12-5-2-6-13-10(14)8-3-1-4-9(7-8)11(15)16/h1,3-4,7,15-16H,2,5-6H2,(H,13,14). The van der Waals surface area contributed by atoms with Crippen LogP contribution in [0.1, 0.15) is 16.8 Å². The minimum Gasteiger partial charge on any atom is -0.423 e. The van der Waals surface area contributed by atoms with Gasteiger partial charge in [0.1, 0.15) is 0 Å². The lowest BCUT2D eigenvalue weighted by Gasteiger charge is -2.05. The Balaban J connectivity index is 2.64. The second kappa shape index (κ2) is 6.53. The molecule has 86 valence electrons. The van der Waals surface area contributed by atoms with Crippen molar-refractivity contribution in [3.8, 4) is 0 Å². The van der Waals surface area contributed by atoms with Gasteiger partial charge in [-0.3, -0.25) is 4.79 Å². The average Bonchev–Trinajstić information content (AvgIpc) is 2.29. The molecule has 0 saturated heterocycles. The Bertz CT molecular complexity index is 360. The molecule has 0 bridgehead atoms. The quantitative estimate of drug-likeness (QED) is 0.377. The van der Waals surface area contributed by atoms with Crippen LogP contribution in [-0.2, 0) is 0 Å². The van der Waals surface area contributed by atoms with Gasteiger partial charge in [-0.05, 0) is 24.0 Å². The number of amides is 1. The summed E-state index contributed by atoms with van der Waals surface area (Å²) < 4.78 is 0. The highest BCUT2D eigenvalue weighted by Crippen LogP contribution is 1.97. The van der Waals surface area contributed by atoms with Crippen molar-refractivity contribution in [2.24, 2.45) is 0 Å². The van der Waals surface area contributed by atoms with E-state index in [9.17, 15) is 4.79 Å². The van der Waals surface area contributed by atoms with Gasteiger partial charge < -0.3 is 15.4 Å². The first-order valence-electron chi connectivity index (χ1n) is 4.95. The molecule has 0 saturated carbocycles. The normalized spacial score (nSPS) is 9.94. The van der Waals surface area contributed by atoms with Crippen LogP contribution >= 0.6 is 11.6 Å². The molecule has 0 spiro atoms. The summed E-state index contributed by atoms with van der Waals surface area (Å²) in [5, 5.41) is 20.6. The van der Waals surface area contributed by atoms with Gasteiger partial charge in [-0.25, -0.2) is 0 Å². The molecule has 6 heteroatoms. The molecule has 1 aromatic rings. The van der Waals surface area contributed by atoms with E-state index in [-0.39, 0.29) is 5.91 Å². The van der Waals surface area contributed by atoms with Gasteiger partial charge in [0, 0.05) is 18.0 Å². The summed E-state index contributed by atoms with van der Waals surface area (Å²) in [4.78, 5) is 11.6. The third kappa shape index (κ3) is 3.85. The van der Waals surface area contributed by atoms with Crippen LogP contribution in [0.3, 0.4) is 0 Å². The van der Waals surface area contributed by atoms with Gasteiger partial charge in [-0.1, -0.05) is 12.1 Å². The fourth-order valence-corrected chi connectivity index (χ4v) is 1.34. The number of rotatable bonds is 5. The lowest BCUT2D eigenvalue weighted by atomic mass is 9.79. The monoisotopic (exact) mass is 241 g/mol. The minimum absolute atomic E-state index is 0.243. The van der Waals surface area contributed by atoms with E-state index >= 15 is 0 Å². The molecule has 0 aliphatic heterocycles. The number of nitrogens with one attached hydrogen (secondary N) is 1. The predicted octanol–water partition coefficient (Wildman–Crippen LogP) is -0.275. The average molecular weight is 241 g/mol. The van der Waals surface area contributed by atoms with E-state index < -0.39 is 7.12 Å². The van der Waals surface area contributed by atoms with Crippen molar-refractivity contribution >= 4 is 30.1 Å². The number of benzene rings is 1. The largest absolute Gasteiger partial charge is 0.488 e. The maximum Gasteiger partial charge on any atom is 0.488 e. The molecule has 0 fully saturated rings. The maximum atomic E-state index is 11.6. The zero-order chi connectivity index (χ0) is 12.0. The lowest BCUT2D eigenvalue weighted by molar-refractivity contribution is 0.0954. The fourth-order valence-electron chi connectivity index (χ4n) is 1.21. The predicted molar refractivity (Wildman–Crippen MR) is 63.9 cm³/mol. The van der Waals surface area contributed by atoms with Crippen molar-refractivity contribution in [1.29, 1.82) is 0 Å². The van der Waals surface area contributed by atoms with Crippen LogP contribution in [0.15, 0.2) is 24.3 Å². The Hall–Kier alpha value is -1.04. The molecule has 1 rings (SSSR count). The SMILES string of the molecule is O=C(NCCCCl)c1cccc(B(O)O)c1. The molecule has 0 atom stereocenters. The van der Waals surface area contributed by atoms with Gasteiger partial charge in [-0.2, -0.15) is 0 Å². The maximum absolute atomic E-state index is 11.6. The summed E-state index contributed by atoms with van der Waals surface area (Å²) in [7, 11) is -1.56. The first-order chi connectivity index (χ1) is 7.65. The Labute approximate surface area is 99.4 Å². The van der Waals surface area contributed by atoms with Gasteiger partial charge in [0.15, 0.2) is 0 Å². The summed E-state index contributed by atoms with van der Waals surface area (Å²) >= 11 is 5.48. The number of carbonyl (C=O) groups excluding carboxylic acids is 1. The second-order valence-corrected chi connectivity index (χ2v) is 3.68. The summed E-state index contributed by atoms with van der Waals surface area (Å²) in [6, 6.07) is 6.20. The van der Waals surface area contributed by atoms with Gasteiger partial charge in [-0.15, -0.1) is 11.6 Å². The number of halogens is 1. The van der Waals surface area contributed by atoms with E-state index in [1.54, 1.807) is 18.2 Å². The highest BCUT2D eigenvalue weighted by molar-refractivity contribution is 6.58. The summed E-state index contributed by atoms with van der Waals surface area (Å²) in [5.74, 6) is 0.253. The molecule has 1 aromatic carbocycles. The summed E-state index contributed by atoms with van der Waals surface area (Å²) in [5.41, 5.74) is 0.699. The smallest absolute Gasteiger partial charge is 0.423 e. The van der Waals surface area contributed by atoms with Crippen LogP contribution in [0.25, 0.3) is 0 Å². The molecule has 4 nitrogen and oxygen atoms in total. The third-order valence-electron chi connectivity index (χ3n) is 2.04. The van der Waals surface area contributed by atoms with Crippen LogP contribution in [0.4, 0.5) is 0 Å². The van der Waals surface area contributed by atoms with E-state index in [0.717, 1.165) is 0 Å². The van der Waals surface area contributed by atoms with Crippen LogP contribution in [0.2, 0.25) is 0 Å². The zero-order valence-electron chi connectivity index (χ0n) is 8.69. The lowest BCUT2D eigenvalue weighted by Crippen LogP contribution is -2.32. The summed E-state index contributed by atoms with van der Waals surface area (Å²) in [6.07, 6.45) is 0.704. The molecule has 0 unspecified atom stereocenters. The Morgan fingerprint density at radius 2 is 2.19 bits per heavy atom. The first kappa shape index (κ1) is 13.0. The second-order valence-electron chi connectivity index (χ2n) is 3.30. The molecular weight excluding hydrogens is 228 g/mol. The Morgan fingerprint density at radius 3 is 2.81 bits per heavy atom. The van der Waals surface area contributed by atoms with Crippen molar-refractivity contribution in [1.82, 2.24) is 5.32 Å². The van der Waals surface area contributed by atoms with Gasteiger partial charge >= 0.3 is 7.12 Å². The molecule has 0 radical (unpaired) electrons. The van der Waals surface area contributed by atoms with Crippen molar-refractivity contribution in [3.05, 3.63) is 29.8 Å². The van der Waals surface area contributed by atoms with Crippen LogP contribution in [0.5, 0.6) is 0 Å². The van der Waals surface area contributed by atoms with E-state index in [1.807, 2.05) is 0 Å². The van der Waals surface area contributed by atoms with E-state index in [1.165, 1.54) is 6.07 Å². The number of hydrogen-bond acceptors (Lipinski definition) is 3. The van der Waals surface area contributed by atoms with Crippen LogP contribution in [-0.4, -0.2) is 35.5 Å². The summed E-state index contributed by atoms with van der Waals surface area (Å²) in [6.45, 7) is 0.508. The minimum atomic E-state index is -1.56. The third-order valence-corrected chi connectivity index (χ3v) is 2.31. The molecular formula is C10H13BClNO3. The van der Waals surface area contributed by atoms with Gasteiger partial charge in [0.05, 0.1) is 0 Å². The molecule has 0 aliphatic carbocycles. The Kier molecular flexibility index (Phi) is 5.32. The Morgan fingerprint density at radius 1 is 1.44 bits per heavy atom. The number of hydrogen-bond donors (Lipinski definition) is 3.